The summed E-state index contributed by atoms with van der Waals surface area (Å²) in [5, 5.41) is 2.83. The topological polar surface area (TPSA) is 55.4 Å². The number of hydrogen-bond acceptors (Lipinski definition) is 3. The Hall–Kier alpha value is -1.06. The molecule has 3 aliphatic rings. The molecule has 2 aliphatic carbocycles. The van der Waals surface area contributed by atoms with Crippen molar-refractivity contribution in [1.29, 1.82) is 0 Å². The average Bonchev–Trinajstić information content (AvgIpc) is 2.76. The Morgan fingerprint density at radius 3 is 3.07 bits per heavy atom. The molecule has 0 aromatic carbocycles. The second-order valence-electron chi connectivity index (χ2n) is 4.82. The van der Waals surface area contributed by atoms with Crippen molar-refractivity contribution < 1.29 is 14.3 Å². The summed E-state index contributed by atoms with van der Waals surface area (Å²) >= 11 is 0. The van der Waals surface area contributed by atoms with Crippen molar-refractivity contribution in [2.24, 2.45) is 23.7 Å². The largest absolute Gasteiger partial charge is 0.462 e. The van der Waals surface area contributed by atoms with Crippen LogP contribution in [0.25, 0.3) is 0 Å². The minimum absolute atomic E-state index is 0.0484. The fourth-order valence-electron chi connectivity index (χ4n) is 3.66. The van der Waals surface area contributed by atoms with Crippen molar-refractivity contribution in [1.82, 2.24) is 5.32 Å². The zero-order chi connectivity index (χ0) is 10.6. The van der Waals surface area contributed by atoms with Crippen LogP contribution in [0.4, 0.5) is 0 Å². The monoisotopic (exact) mass is 209 g/mol. The van der Waals surface area contributed by atoms with Gasteiger partial charge in [-0.3, -0.25) is 9.59 Å². The van der Waals surface area contributed by atoms with E-state index in [1.807, 2.05) is 6.92 Å². The highest BCUT2D eigenvalue weighted by atomic mass is 16.6. The molecule has 1 N–H and O–H groups in total. The van der Waals surface area contributed by atoms with Gasteiger partial charge in [-0.05, 0) is 25.7 Å². The molecule has 4 heteroatoms. The van der Waals surface area contributed by atoms with Gasteiger partial charge in [-0.2, -0.15) is 0 Å². The summed E-state index contributed by atoms with van der Waals surface area (Å²) in [5.41, 5.74) is 0. The summed E-state index contributed by atoms with van der Waals surface area (Å²) in [6.07, 6.45) is 2.02. The Bertz CT molecular complexity index is 326. The zero-order valence-electron chi connectivity index (χ0n) is 8.73. The molecule has 2 bridgehead atoms. The summed E-state index contributed by atoms with van der Waals surface area (Å²) in [6.45, 7) is 2.54. The number of esters is 1. The molecule has 0 spiro atoms. The fraction of sp³-hybridized carbons (Fsp3) is 0.818. The molecule has 1 amide bonds. The molecular weight excluding hydrogens is 194 g/mol. The molecule has 5 unspecified atom stereocenters. The van der Waals surface area contributed by atoms with Crippen molar-refractivity contribution in [2.75, 3.05) is 6.54 Å². The maximum atomic E-state index is 11.8. The Labute approximate surface area is 88.4 Å². The summed E-state index contributed by atoms with van der Waals surface area (Å²) in [6, 6.07) is 0. The van der Waals surface area contributed by atoms with Crippen LogP contribution in [-0.2, 0) is 14.3 Å². The van der Waals surface area contributed by atoms with Crippen LogP contribution in [0.3, 0.4) is 0 Å². The van der Waals surface area contributed by atoms with Crippen LogP contribution in [0.1, 0.15) is 19.8 Å². The van der Waals surface area contributed by atoms with Gasteiger partial charge in [0.25, 0.3) is 0 Å². The average molecular weight is 209 g/mol. The van der Waals surface area contributed by atoms with Crippen LogP contribution in [0.2, 0.25) is 0 Å². The molecule has 3 rings (SSSR count). The van der Waals surface area contributed by atoms with Gasteiger partial charge in [0.05, 0.1) is 11.8 Å². The van der Waals surface area contributed by atoms with E-state index >= 15 is 0 Å². The molecule has 0 aromatic rings. The van der Waals surface area contributed by atoms with Crippen molar-refractivity contribution in [3.63, 3.8) is 0 Å². The van der Waals surface area contributed by atoms with E-state index in [0.29, 0.717) is 18.4 Å². The number of hydrogen-bond donors (Lipinski definition) is 1. The van der Waals surface area contributed by atoms with Gasteiger partial charge in [0.2, 0.25) is 5.91 Å². The molecule has 1 aliphatic heterocycles. The summed E-state index contributed by atoms with van der Waals surface area (Å²) in [4.78, 5) is 23.5. The Morgan fingerprint density at radius 1 is 1.53 bits per heavy atom. The Morgan fingerprint density at radius 2 is 2.33 bits per heavy atom. The van der Waals surface area contributed by atoms with Crippen LogP contribution in [0.5, 0.6) is 0 Å². The number of ether oxygens (including phenoxy) is 1. The third kappa shape index (κ3) is 1.08. The zero-order valence-corrected chi connectivity index (χ0v) is 8.73. The van der Waals surface area contributed by atoms with Crippen LogP contribution in [0, 0.1) is 23.7 Å². The lowest BCUT2D eigenvalue weighted by Crippen LogP contribution is -2.39. The molecule has 82 valence electrons. The van der Waals surface area contributed by atoms with Crippen LogP contribution >= 0.6 is 0 Å². The van der Waals surface area contributed by atoms with Crippen LogP contribution in [0.15, 0.2) is 0 Å². The first kappa shape index (κ1) is 9.19. The molecule has 2 saturated carbocycles. The molecule has 1 saturated heterocycles. The van der Waals surface area contributed by atoms with E-state index in [9.17, 15) is 9.59 Å². The van der Waals surface area contributed by atoms with Gasteiger partial charge in [0.15, 0.2) is 0 Å². The highest BCUT2D eigenvalue weighted by Crippen LogP contribution is 2.57. The molecule has 0 radical (unpaired) electrons. The number of fused-ring (bicyclic) bond motifs is 1. The smallest absolute Gasteiger partial charge is 0.310 e. The quantitative estimate of drug-likeness (QED) is 0.666. The second-order valence-corrected chi connectivity index (χ2v) is 4.82. The first-order valence-corrected chi connectivity index (χ1v) is 5.70. The summed E-state index contributed by atoms with van der Waals surface area (Å²) < 4.78 is 5.28. The van der Waals surface area contributed by atoms with E-state index < -0.39 is 0 Å². The Kier molecular flexibility index (Phi) is 1.82. The van der Waals surface area contributed by atoms with Gasteiger partial charge in [-0.1, -0.05) is 0 Å². The lowest BCUT2D eigenvalue weighted by molar-refractivity contribution is -0.145. The van der Waals surface area contributed by atoms with Gasteiger partial charge in [-0.15, -0.1) is 0 Å². The van der Waals surface area contributed by atoms with Crippen molar-refractivity contribution in [2.45, 2.75) is 25.9 Å². The van der Waals surface area contributed by atoms with E-state index in [-0.39, 0.29) is 29.8 Å². The molecule has 4 nitrogen and oxygen atoms in total. The van der Waals surface area contributed by atoms with Crippen LogP contribution in [-0.4, -0.2) is 24.5 Å². The maximum absolute atomic E-state index is 11.8. The molecule has 15 heavy (non-hydrogen) atoms. The van der Waals surface area contributed by atoms with Crippen LogP contribution < -0.4 is 5.32 Å². The number of carbonyl (C=O) groups is 2. The van der Waals surface area contributed by atoms with Gasteiger partial charge < -0.3 is 10.1 Å². The van der Waals surface area contributed by atoms with E-state index in [1.54, 1.807) is 0 Å². The molecule has 5 atom stereocenters. The normalized spacial score (nSPS) is 45.7. The van der Waals surface area contributed by atoms with Crippen molar-refractivity contribution >= 4 is 11.9 Å². The SMILES string of the molecule is CCNC(=O)C1C2CC3OC(=O)C1C3C2. The third-order valence-electron chi connectivity index (χ3n) is 4.14. The molecule has 1 heterocycles. The summed E-state index contributed by atoms with van der Waals surface area (Å²) in [7, 11) is 0. The highest BCUT2D eigenvalue weighted by molar-refractivity contribution is 5.88. The first-order chi connectivity index (χ1) is 7.22. The first-order valence-electron chi connectivity index (χ1n) is 5.70. The van der Waals surface area contributed by atoms with E-state index in [4.69, 9.17) is 4.74 Å². The van der Waals surface area contributed by atoms with Gasteiger partial charge >= 0.3 is 5.97 Å². The molecule has 3 fully saturated rings. The predicted molar refractivity (Wildman–Crippen MR) is 51.8 cm³/mol. The lowest BCUT2D eigenvalue weighted by Gasteiger charge is -2.23. The van der Waals surface area contributed by atoms with Gasteiger partial charge in [0, 0.05) is 12.5 Å². The number of amides is 1. The lowest BCUT2D eigenvalue weighted by atomic mass is 9.79. The van der Waals surface area contributed by atoms with E-state index in [2.05, 4.69) is 5.32 Å². The second kappa shape index (κ2) is 2.97. The van der Waals surface area contributed by atoms with Crippen molar-refractivity contribution in [3.05, 3.63) is 0 Å². The number of carbonyl (C=O) groups excluding carboxylic acids is 2. The fourth-order valence-corrected chi connectivity index (χ4v) is 3.66. The van der Waals surface area contributed by atoms with E-state index in [1.165, 1.54) is 0 Å². The number of nitrogens with one attached hydrogen (secondary N) is 1. The Balaban J connectivity index is 1.86. The van der Waals surface area contributed by atoms with E-state index in [0.717, 1.165) is 12.8 Å². The summed E-state index contributed by atoms with van der Waals surface area (Å²) in [5.74, 6) is 0.369. The van der Waals surface area contributed by atoms with Crippen molar-refractivity contribution in [3.8, 4) is 0 Å². The molecular formula is C11H15NO3. The number of rotatable bonds is 2. The van der Waals surface area contributed by atoms with Gasteiger partial charge in [-0.25, -0.2) is 0 Å². The minimum Gasteiger partial charge on any atom is -0.462 e. The van der Waals surface area contributed by atoms with Gasteiger partial charge in [0.1, 0.15) is 6.10 Å². The standard InChI is InChI=1S/C11H15NO3/c1-2-12-10(13)8-5-3-6-7(4-5)15-11(14)9(6)8/h5-9H,2-4H2,1H3,(H,12,13). The minimum atomic E-state index is -0.139. The molecule has 0 aromatic heterocycles. The highest BCUT2D eigenvalue weighted by Gasteiger charge is 2.63. The predicted octanol–water partition coefficient (Wildman–Crippen LogP) is 0.320. The third-order valence-corrected chi connectivity index (χ3v) is 4.14. The maximum Gasteiger partial charge on any atom is 0.310 e.